The van der Waals surface area contributed by atoms with Crippen molar-refractivity contribution in [2.75, 3.05) is 27.6 Å². The van der Waals surface area contributed by atoms with Gasteiger partial charge in [0.15, 0.2) is 21.3 Å². The van der Waals surface area contributed by atoms with E-state index in [0.29, 0.717) is 17.1 Å². The summed E-state index contributed by atoms with van der Waals surface area (Å²) in [7, 11) is 1.05. The first kappa shape index (κ1) is 14.7. The Morgan fingerprint density at radius 3 is 2.11 bits per heavy atom. The highest BCUT2D eigenvalue weighted by Crippen LogP contribution is 2.32. The number of ether oxygens (including phenoxy) is 2. The Labute approximate surface area is 107 Å². The number of benzene rings is 1. The Kier molecular flexibility index (Phi) is 4.94. The number of hydrogen-bond donors (Lipinski definition) is 1. The first-order chi connectivity index (χ1) is 8.43. The molecule has 0 bridgehead atoms. The van der Waals surface area contributed by atoms with Crippen molar-refractivity contribution in [1.29, 1.82) is 0 Å². The lowest BCUT2D eigenvalue weighted by atomic mass is 10.2. The molecule has 0 fully saturated rings. The normalized spacial score (nSPS) is 11.3. The fourth-order valence-electron chi connectivity index (χ4n) is 1.54. The number of nitrogens with one attached hydrogen (secondary N) is 1. The van der Waals surface area contributed by atoms with Gasteiger partial charge in [0.25, 0.3) is 0 Å². The highest BCUT2D eigenvalue weighted by atomic mass is 32.2. The molecule has 1 rings (SSSR count). The largest absolute Gasteiger partial charge is 0.493 e. The van der Waals surface area contributed by atoms with Gasteiger partial charge in [-0.3, -0.25) is 0 Å². The third-order valence-electron chi connectivity index (χ3n) is 2.37. The van der Waals surface area contributed by atoms with Crippen LogP contribution in [-0.2, 0) is 21.2 Å². The van der Waals surface area contributed by atoms with E-state index < -0.39 is 9.84 Å². The molecule has 0 unspecified atom stereocenters. The Bertz CT molecular complexity index is 512. The third-order valence-corrected chi connectivity index (χ3v) is 3.55. The molecular formula is C11H17NO5S. The standard InChI is InChI=1S/C11H17NO5S/c1-15-9-5-8(7-12-17-3)11(18(4,13)14)6-10(9)16-2/h5-6,12H,7H2,1-4H3. The van der Waals surface area contributed by atoms with Crippen molar-refractivity contribution in [3.63, 3.8) is 0 Å². The zero-order valence-electron chi connectivity index (χ0n) is 10.8. The molecule has 0 aliphatic carbocycles. The van der Waals surface area contributed by atoms with Crippen LogP contribution >= 0.6 is 0 Å². The highest BCUT2D eigenvalue weighted by Gasteiger charge is 2.18. The Hall–Kier alpha value is -1.31. The van der Waals surface area contributed by atoms with Crippen LogP contribution in [0.4, 0.5) is 0 Å². The van der Waals surface area contributed by atoms with Crippen molar-refractivity contribution in [1.82, 2.24) is 5.48 Å². The van der Waals surface area contributed by atoms with E-state index in [9.17, 15) is 8.42 Å². The van der Waals surface area contributed by atoms with Gasteiger partial charge in [0, 0.05) is 18.9 Å². The molecule has 0 saturated carbocycles. The van der Waals surface area contributed by atoms with E-state index in [1.807, 2.05) is 0 Å². The van der Waals surface area contributed by atoms with Crippen molar-refractivity contribution in [3.05, 3.63) is 17.7 Å². The lowest BCUT2D eigenvalue weighted by molar-refractivity contribution is 0.0861. The summed E-state index contributed by atoms with van der Waals surface area (Å²) in [6.45, 7) is 0.249. The molecule has 0 heterocycles. The van der Waals surface area contributed by atoms with Crippen LogP contribution in [0.2, 0.25) is 0 Å². The summed E-state index contributed by atoms with van der Waals surface area (Å²) >= 11 is 0. The predicted octanol–water partition coefficient (Wildman–Crippen LogP) is 0.758. The molecule has 0 saturated heterocycles. The van der Waals surface area contributed by atoms with Crippen LogP contribution < -0.4 is 15.0 Å². The van der Waals surface area contributed by atoms with Gasteiger partial charge < -0.3 is 14.3 Å². The minimum Gasteiger partial charge on any atom is -0.493 e. The Balaban J connectivity index is 3.36. The molecule has 0 radical (unpaired) electrons. The van der Waals surface area contributed by atoms with Gasteiger partial charge in [0.1, 0.15) is 0 Å². The predicted molar refractivity (Wildman–Crippen MR) is 66.5 cm³/mol. The Morgan fingerprint density at radius 1 is 1.11 bits per heavy atom. The van der Waals surface area contributed by atoms with Crippen molar-refractivity contribution in [3.8, 4) is 11.5 Å². The smallest absolute Gasteiger partial charge is 0.175 e. The maximum absolute atomic E-state index is 11.7. The van der Waals surface area contributed by atoms with E-state index in [-0.39, 0.29) is 11.4 Å². The molecule has 0 amide bonds. The van der Waals surface area contributed by atoms with Crippen molar-refractivity contribution in [2.24, 2.45) is 0 Å². The summed E-state index contributed by atoms with van der Waals surface area (Å²) in [5, 5.41) is 0. The van der Waals surface area contributed by atoms with Gasteiger partial charge in [0.05, 0.1) is 26.2 Å². The van der Waals surface area contributed by atoms with Crippen LogP contribution in [0.3, 0.4) is 0 Å². The zero-order chi connectivity index (χ0) is 13.8. The third kappa shape index (κ3) is 3.34. The van der Waals surface area contributed by atoms with Gasteiger partial charge in [-0.05, 0) is 11.6 Å². The van der Waals surface area contributed by atoms with Crippen LogP contribution in [-0.4, -0.2) is 36.0 Å². The molecule has 0 aliphatic rings. The van der Waals surface area contributed by atoms with Crippen LogP contribution in [0.1, 0.15) is 5.56 Å². The maximum atomic E-state index is 11.7. The first-order valence-corrected chi connectivity index (χ1v) is 7.04. The number of sulfone groups is 1. The van der Waals surface area contributed by atoms with E-state index in [0.717, 1.165) is 6.26 Å². The first-order valence-electron chi connectivity index (χ1n) is 5.14. The SMILES string of the molecule is CONCc1cc(OC)c(OC)cc1S(C)(=O)=O. The van der Waals surface area contributed by atoms with Crippen LogP contribution in [0.15, 0.2) is 17.0 Å². The molecule has 1 N–H and O–H groups in total. The molecule has 1 aromatic rings. The topological polar surface area (TPSA) is 73.9 Å². The second-order valence-electron chi connectivity index (χ2n) is 3.61. The van der Waals surface area contributed by atoms with E-state index in [4.69, 9.17) is 14.3 Å². The van der Waals surface area contributed by atoms with Crippen molar-refractivity contribution in [2.45, 2.75) is 11.4 Å². The second-order valence-corrected chi connectivity index (χ2v) is 5.60. The van der Waals surface area contributed by atoms with Crippen molar-refractivity contribution < 1.29 is 22.7 Å². The van der Waals surface area contributed by atoms with Gasteiger partial charge in [-0.15, -0.1) is 0 Å². The van der Waals surface area contributed by atoms with Crippen molar-refractivity contribution >= 4 is 9.84 Å². The quantitative estimate of drug-likeness (QED) is 0.773. The van der Waals surface area contributed by atoms with Gasteiger partial charge in [-0.25, -0.2) is 8.42 Å². The number of hydroxylamine groups is 1. The maximum Gasteiger partial charge on any atom is 0.175 e. The molecule has 0 aliphatic heterocycles. The molecule has 6 nitrogen and oxygen atoms in total. The molecule has 7 heteroatoms. The summed E-state index contributed by atoms with van der Waals surface area (Å²) in [5.41, 5.74) is 3.16. The summed E-state index contributed by atoms with van der Waals surface area (Å²) in [6, 6.07) is 3.06. The van der Waals surface area contributed by atoms with Gasteiger partial charge in [-0.1, -0.05) is 0 Å². The minimum absolute atomic E-state index is 0.185. The molecule has 1 aromatic carbocycles. The summed E-state index contributed by atoms with van der Waals surface area (Å²) in [4.78, 5) is 4.91. The monoisotopic (exact) mass is 275 g/mol. The summed E-state index contributed by atoms with van der Waals surface area (Å²) in [6.07, 6.45) is 1.14. The van der Waals surface area contributed by atoms with E-state index >= 15 is 0 Å². The van der Waals surface area contributed by atoms with Crippen LogP contribution in [0.25, 0.3) is 0 Å². The lowest BCUT2D eigenvalue weighted by Crippen LogP contribution is -2.14. The molecule has 0 aromatic heterocycles. The van der Waals surface area contributed by atoms with Gasteiger partial charge in [-0.2, -0.15) is 5.48 Å². The van der Waals surface area contributed by atoms with Crippen LogP contribution in [0.5, 0.6) is 11.5 Å². The molecule has 0 spiro atoms. The fraction of sp³-hybridized carbons (Fsp3) is 0.455. The van der Waals surface area contributed by atoms with Gasteiger partial charge >= 0.3 is 0 Å². The van der Waals surface area contributed by atoms with Crippen LogP contribution in [0, 0.1) is 0 Å². The number of methoxy groups -OCH3 is 2. The van der Waals surface area contributed by atoms with Gasteiger partial charge in [0.2, 0.25) is 0 Å². The van der Waals surface area contributed by atoms with E-state index in [1.165, 1.54) is 27.4 Å². The number of hydrogen-bond acceptors (Lipinski definition) is 6. The molecule has 18 heavy (non-hydrogen) atoms. The number of rotatable bonds is 6. The summed E-state index contributed by atoms with van der Waals surface area (Å²) < 4.78 is 33.7. The molecule has 102 valence electrons. The second kappa shape index (κ2) is 6.03. The average Bonchev–Trinajstić information content (AvgIpc) is 2.33. The molecule has 0 atom stereocenters. The minimum atomic E-state index is -3.35. The fourth-order valence-corrected chi connectivity index (χ4v) is 2.46. The van der Waals surface area contributed by atoms with E-state index in [1.54, 1.807) is 6.07 Å². The average molecular weight is 275 g/mol. The highest BCUT2D eigenvalue weighted by molar-refractivity contribution is 7.90. The summed E-state index contributed by atoms with van der Waals surface area (Å²) in [5.74, 6) is 0.844. The van der Waals surface area contributed by atoms with E-state index in [2.05, 4.69) is 5.48 Å². The zero-order valence-corrected chi connectivity index (χ0v) is 11.6. The lowest BCUT2D eigenvalue weighted by Gasteiger charge is -2.14. The molecular weight excluding hydrogens is 258 g/mol. The Morgan fingerprint density at radius 2 is 1.67 bits per heavy atom.